The second-order valence-electron chi connectivity index (χ2n) is 4.79. The van der Waals surface area contributed by atoms with E-state index in [-0.39, 0.29) is 6.10 Å². The summed E-state index contributed by atoms with van der Waals surface area (Å²) in [6, 6.07) is 18.3. The monoisotopic (exact) mass is 256 g/mol. The summed E-state index contributed by atoms with van der Waals surface area (Å²) in [5.74, 6) is 0.899. The molecule has 0 saturated carbocycles. The van der Waals surface area contributed by atoms with Gasteiger partial charge in [-0.2, -0.15) is 0 Å². The topological polar surface area (TPSA) is 18.5 Å². The molecule has 100 valence electrons. The summed E-state index contributed by atoms with van der Waals surface area (Å²) in [6.07, 6.45) is 0.195. The Labute approximate surface area is 115 Å². The highest BCUT2D eigenvalue weighted by atomic mass is 16.5. The Morgan fingerprint density at radius 3 is 2.26 bits per heavy atom. The van der Waals surface area contributed by atoms with Crippen LogP contribution in [0.2, 0.25) is 0 Å². The van der Waals surface area contributed by atoms with Crippen LogP contribution < -0.4 is 4.74 Å². The summed E-state index contributed by atoms with van der Waals surface area (Å²) in [4.78, 5) is 0. The Hall–Kier alpha value is -1.80. The van der Waals surface area contributed by atoms with Gasteiger partial charge in [-0.05, 0) is 37.1 Å². The van der Waals surface area contributed by atoms with Crippen LogP contribution in [0.15, 0.2) is 54.6 Å². The van der Waals surface area contributed by atoms with Crippen LogP contribution in [-0.2, 0) is 18.0 Å². The van der Waals surface area contributed by atoms with Gasteiger partial charge in [0, 0.05) is 0 Å². The quantitative estimate of drug-likeness (QED) is 0.771. The maximum Gasteiger partial charge on any atom is 0.120 e. The summed E-state index contributed by atoms with van der Waals surface area (Å²) >= 11 is 0. The Morgan fingerprint density at radius 2 is 1.53 bits per heavy atom. The standard InChI is InChI=1S/C17H20O2/c1-14(2)19-17-10-6-9-16(11-17)13-18-12-15-7-4-3-5-8-15/h3-11,14H,12-13H2,1-2H3. The van der Waals surface area contributed by atoms with Crippen molar-refractivity contribution >= 4 is 0 Å². The normalized spacial score (nSPS) is 10.7. The lowest BCUT2D eigenvalue weighted by molar-refractivity contribution is 0.107. The molecule has 0 aromatic heterocycles. The van der Waals surface area contributed by atoms with Crippen molar-refractivity contribution < 1.29 is 9.47 Å². The van der Waals surface area contributed by atoms with Crippen LogP contribution in [0.4, 0.5) is 0 Å². The van der Waals surface area contributed by atoms with Crippen LogP contribution in [0, 0.1) is 0 Å². The fraction of sp³-hybridized carbons (Fsp3) is 0.294. The minimum atomic E-state index is 0.195. The van der Waals surface area contributed by atoms with Crippen LogP contribution in [0.3, 0.4) is 0 Å². The minimum absolute atomic E-state index is 0.195. The largest absolute Gasteiger partial charge is 0.491 e. The maximum absolute atomic E-state index is 5.71. The average Bonchev–Trinajstić information content (AvgIpc) is 2.40. The van der Waals surface area contributed by atoms with Crippen molar-refractivity contribution in [3.8, 4) is 5.75 Å². The van der Waals surface area contributed by atoms with E-state index >= 15 is 0 Å². The van der Waals surface area contributed by atoms with E-state index < -0.39 is 0 Å². The molecule has 0 saturated heterocycles. The maximum atomic E-state index is 5.71. The molecule has 0 aliphatic heterocycles. The summed E-state index contributed by atoms with van der Waals surface area (Å²) < 4.78 is 11.4. The van der Waals surface area contributed by atoms with Crippen molar-refractivity contribution in [3.63, 3.8) is 0 Å². The van der Waals surface area contributed by atoms with Gasteiger partial charge in [-0.3, -0.25) is 0 Å². The van der Waals surface area contributed by atoms with Crippen LogP contribution >= 0.6 is 0 Å². The minimum Gasteiger partial charge on any atom is -0.491 e. The fourth-order valence-electron chi connectivity index (χ4n) is 1.84. The van der Waals surface area contributed by atoms with Crippen LogP contribution in [0.5, 0.6) is 5.75 Å². The highest BCUT2D eigenvalue weighted by Gasteiger charge is 2.00. The zero-order chi connectivity index (χ0) is 13.5. The third kappa shape index (κ3) is 4.76. The van der Waals surface area contributed by atoms with E-state index in [4.69, 9.17) is 9.47 Å². The first-order chi connectivity index (χ1) is 9.24. The highest BCUT2D eigenvalue weighted by Crippen LogP contribution is 2.16. The van der Waals surface area contributed by atoms with Crippen LogP contribution in [0.1, 0.15) is 25.0 Å². The van der Waals surface area contributed by atoms with Gasteiger partial charge in [0.2, 0.25) is 0 Å². The second kappa shape index (κ2) is 6.95. The van der Waals surface area contributed by atoms with Crippen molar-refractivity contribution in [1.29, 1.82) is 0 Å². The zero-order valence-electron chi connectivity index (χ0n) is 11.5. The number of rotatable bonds is 6. The van der Waals surface area contributed by atoms with Gasteiger partial charge in [0.05, 0.1) is 19.3 Å². The number of hydrogen-bond donors (Lipinski definition) is 0. The van der Waals surface area contributed by atoms with E-state index in [0.29, 0.717) is 13.2 Å². The van der Waals surface area contributed by atoms with E-state index in [9.17, 15) is 0 Å². The lowest BCUT2D eigenvalue weighted by Crippen LogP contribution is -2.05. The molecule has 19 heavy (non-hydrogen) atoms. The van der Waals surface area contributed by atoms with Gasteiger partial charge >= 0.3 is 0 Å². The van der Waals surface area contributed by atoms with Gasteiger partial charge in [0.15, 0.2) is 0 Å². The van der Waals surface area contributed by atoms with Crippen molar-refractivity contribution in [1.82, 2.24) is 0 Å². The third-order valence-corrected chi connectivity index (χ3v) is 2.65. The molecule has 2 aromatic carbocycles. The van der Waals surface area contributed by atoms with Gasteiger partial charge in [0.1, 0.15) is 5.75 Å². The first-order valence-electron chi connectivity index (χ1n) is 6.61. The van der Waals surface area contributed by atoms with Crippen molar-refractivity contribution in [2.45, 2.75) is 33.2 Å². The second-order valence-corrected chi connectivity index (χ2v) is 4.79. The van der Waals surface area contributed by atoms with Gasteiger partial charge in [-0.25, -0.2) is 0 Å². The lowest BCUT2D eigenvalue weighted by Gasteiger charge is -2.11. The molecule has 0 spiro atoms. The smallest absolute Gasteiger partial charge is 0.120 e. The molecule has 0 fully saturated rings. The van der Waals surface area contributed by atoms with E-state index in [1.165, 1.54) is 5.56 Å². The van der Waals surface area contributed by atoms with Crippen molar-refractivity contribution in [2.75, 3.05) is 0 Å². The Bertz CT molecular complexity index is 492. The summed E-state index contributed by atoms with van der Waals surface area (Å²) in [5.41, 5.74) is 2.33. The molecule has 2 heteroatoms. The van der Waals surface area contributed by atoms with Gasteiger partial charge in [0.25, 0.3) is 0 Å². The highest BCUT2D eigenvalue weighted by molar-refractivity contribution is 5.28. The van der Waals surface area contributed by atoms with E-state index in [1.807, 2.05) is 50.2 Å². The number of hydrogen-bond acceptors (Lipinski definition) is 2. The molecular weight excluding hydrogens is 236 g/mol. The molecule has 0 atom stereocenters. The molecule has 0 unspecified atom stereocenters. The molecule has 0 heterocycles. The average molecular weight is 256 g/mol. The predicted octanol–water partition coefficient (Wildman–Crippen LogP) is 4.19. The third-order valence-electron chi connectivity index (χ3n) is 2.65. The molecule has 0 aliphatic rings. The molecule has 0 amide bonds. The lowest BCUT2D eigenvalue weighted by atomic mass is 10.2. The van der Waals surface area contributed by atoms with Crippen LogP contribution in [0.25, 0.3) is 0 Å². The molecule has 0 radical (unpaired) electrons. The summed E-state index contributed by atoms with van der Waals surface area (Å²) in [6.45, 7) is 5.29. The molecule has 2 aromatic rings. The van der Waals surface area contributed by atoms with Gasteiger partial charge in [-0.1, -0.05) is 42.5 Å². The number of ether oxygens (including phenoxy) is 2. The van der Waals surface area contributed by atoms with E-state index in [0.717, 1.165) is 11.3 Å². The molecular formula is C17H20O2. The predicted molar refractivity (Wildman–Crippen MR) is 77.1 cm³/mol. The zero-order valence-corrected chi connectivity index (χ0v) is 11.5. The van der Waals surface area contributed by atoms with Crippen LogP contribution in [-0.4, -0.2) is 6.10 Å². The first-order valence-corrected chi connectivity index (χ1v) is 6.61. The summed E-state index contributed by atoms with van der Waals surface area (Å²) in [5, 5.41) is 0. The summed E-state index contributed by atoms with van der Waals surface area (Å²) in [7, 11) is 0. The van der Waals surface area contributed by atoms with E-state index in [1.54, 1.807) is 0 Å². The van der Waals surface area contributed by atoms with E-state index in [2.05, 4.69) is 18.2 Å². The first kappa shape index (κ1) is 13.6. The fourth-order valence-corrected chi connectivity index (χ4v) is 1.84. The van der Waals surface area contributed by atoms with Crippen molar-refractivity contribution in [2.24, 2.45) is 0 Å². The van der Waals surface area contributed by atoms with Gasteiger partial charge < -0.3 is 9.47 Å². The molecule has 0 bridgehead atoms. The van der Waals surface area contributed by atoms with Gasteiger partial charge in [-0.15, -0.1) is 0 Å². The Kier molecular flexibility index (Phi) is 4.99. The van der Waals surface area contributed by atoms with Crippen molar-refractivity contribution in [3.05, 3.63) is 65.7 Å². The Balaban J connectivity index is 1.86. The molecule has 0 aliphatic carbocycles. The molecule has 2 rings (SSSR count). The molecule has 0 N–H and O–H groups in total. The Morgan fingerprint density at radius 1 is 0.842 bits per heavy atom. The molecule has 2 nitrogen and oxygen atoms in total. The SMILES string of the molecule is CC(C)Oc1cccc(COCc2ccccc2)c1. The number of benzene rings is 2.